The molecule has 2 fully saturated rings. The van der Waals surface area contributed by atoms with Crippen molar-refractivity contribution in [1.82, 2.24) is 14.7 Å². The lowest BCUT2D eigenvalue weighted by Gasteiger charge is -2.36. The number of rotatable bonds is 4. The van der Waals surface area contributed by atoms with Crippen molar-refractivity contribution in [2.24, 2.45) is 5.92 Å². The molecule has 8 heteroatoms. The number of benzene rings is 2. The van der Waals surface area contributed by atoms with E-state index in [4.69, 9.17) is 4.74 Å². The summed E-state index contributed by atoms with van der Waals surface area (Å²) in [6.07, 6.45) is 1.56. The zero-order valence-corrected chi connectivity index (χ0v) is 18.9. The number of piperidine rings is 1. The van der Waals surface area contributed by atoms with E-state index in [0.717, 1.165) is 12.8 Å². The molecule has 1 atom stereocenters. The number of amides is 4. The largest absolute Gasteiger partial charge is 0.378 e. The molecule has 2 aromatic carbocycles. The quantitative estimate of drug-likeness (QED) is 0.652. The second kappa shape index (κ2) is 9.38. The van der Waals surface area contributed by atoms with Crippen LogP contribution in [-0.2, 0) is 16.1 Å². The second-order valence-corrected chi connectivity index (χ2v) is 8.97. The number of fused-ring (bicyclic) bond motifs is 1. The number of hydrogen-bond acceptors (Lipinski definition) is 5. The Morgan fingerprint density at radius 2 is 1.59 bits per heavy atom. The van der Waals surface area contributed by atoms with E-state index in [1.54, 1.807) is 53.4 Å². The molecule has 2 aromatic rings. The van der Waals surface area contributed by atoms with Gasteiger partial charge in [-0.1, -0.05) is 24.3 Å². The minimum atomic E-state index is -0.321. The van der Waals surface area contributed by atoms with Crippen molar-refractivity contribution in [2.45, 2.75) is 19.4 Å². The van der Waals surface area contributed by atoms with Crippen LogP contribution < -0.4 is 0 Å². The Balaban J connectivity index is 1.27. The first kappa shape index (κ1) is 22.3. The van der Waals surface area contributed by atoms with Gasteiger partial charge in [-0.2, -0.15) is 0 Å². The van der Waals surface area contributed by atoms with Gasteiger partial charge in [0.1, 0.15) is 0 Å². The summed E-state index contributed by atoms with van der Waals surface area (Å²) in [7, 11) is 0. The minimum Gasteiger partial charge on any atom is -0.378 e. The van der Waals surface area contributed by atoms with Crippen molar-refractivity contribution < 1.29 is 23.9 Å². The molecule has 0 aromatic heterocycles. The fraction of sp³-hybridized carbons (Fsp3) is 0.385. The predicted molar refractivity (Wildman–Crippen MR) is 123 cm³/mol. The Hall–Kier alpha value is -3.52. The molecule has 0 saturated carbocycles. The van der Waals surface area contributed by atoms with Crippen molar-refractivity contribution in [3.8, 4) is 0 Å². The smallest absolute Gasteiger partial charge is 0.261 e. The molecule has 1 unspecified atom stereocenters. The third-order valence-electron chi connectivity index (χ3n) is 6.77. The molecule has 0 bridgehead atoms. The number of carbonyl (C=O) groups is 4. The first-order chi connectivity index (χ1) is 16.5. The maximum Gasteiger partial charge on any atom is 0.261 e. The lowest BCUT2D eigenvalue weighted by atomic mass is 9.95. The van der Waals surface area contributed by atoms with E-state index in [1.807, 2.05) is 4.90 Å². The molecule has 0 N–H and O–H groups in total. The van der Waals surface area contributed by atoms with E-state index < -0.39 is 0 Å². The van der Waals surface area contributed by atoms with Gasteiger partial charge in [0.2, 0.25) is 5.91 Å². The van der Waals surface area contributed by atoms with Gasteiger partial charge in [-0.05, 0) is 42.7 Å². The van der Waals surface area contributed by atoms with Gasteiger partial charge in [0.15, 0.2) is 0 Å². The van der Waals surface area contributed by atoms with Gasteiger partial charge in [-0.25, -0.2) is 0 Å². The van der Waals surface area contributed by atoms with Crippen LogP contribution in [-0.4, -0.2) is 77.7 Å². The Labute approximate surface area is 198 Å². The van der Waals surface area contributed by atoms with Gasteiger partial charge in [0.25, 0.3) is 17.7 Å². The molecule has 3 heterocycles. The summed E-state index contributed by atoms with van der Waals surface area (Å²) in [5, 5.41) is 0. The van der Waals surface area contributed by atoms with Crippen molar-refractivity contribution >= 4 is 23.6 Å². The Kier molecular flexibility index (Phi) is 6.15. The number of likely N-dealkylation sites (tertiary alicyclic amines) is 1. The van der Waals surface area contributed by atoms with E-state index in [1.165, 1.54) is 4.90 Å². The molecule has 4 amide bonds. The highest BCUT2D eigenvalue weighted by Gasteiger charge is 2.35. The van der Waals surface area contributed by atoms with Crippen molar-refractivity contribution in [3.05, 3.63) is 70.8 Å². The average Bonchev–Trinajstić information content (AvgIpc) is 3.13. The summed E-state index contributed by atoms with van der Waals surface area (Å²) in [6, 6.07) is 13.8. The summed E-state index contributed by atoms with van der Waals surface area (Å²) in [5.41, 5.74) is 2.01. The third kappa shape index (κ3) is 4.21. The van der Waals surface area contributed by atoms with Crippen LogP contribution in [0.3, 0.4) is 0 Å². The Morgan fingerprint density at radius 3 is 2.29 bits per heavy atom. The molecule has 176 valence electrons. The minimum absolute atomic E-state index is 0.0974. The van der Waals surface area contributed by atoms with Crippen LogP contribution in [0.1, 0.15) is 49.5 Å². The van der Waals surface area contributed by atoms with Gasteiger partial charge in [-0.15, -0.1) is 0 Å². The van der Waals surface area contributed by atoms with Gasteiger partial charge < -0.3 is 14.5 Å². The highest BCUT2D eigenvalue weighted by Crippen LogP contribution is 2.25. The summed E-state index contributed by atoms with van der Waals surface area (Å²) in [6.45, 7) is 3.42. The van der Waals surface area contributed by atoms with E-state index in [9.17, 15) is 19.2 Å². The molecule has 0 spiro atoms. The lowest BCUT2D eigenvalue weighted by Crippen LogP contribution is -2.49. The van der Waals surface area contributed by atoms with Crippen LogP contribution in [0.15, 0.2) is 48.5 Å². The van der Waals surface area contributed by atoms with E-state index >= 15 is 0 Å². The average molecular weight is 462 g/mol. The molecule has 2 saturated heterocycles. The van der Waals surface area contributed by atoms with Crippen LogP contribution in [0.5, 0.6) is 0 Å². The summed E-state index contributed by atoms with van der Waals surface area (Å²) >= 11 is 0. The highest BCUT2D eigenvalue weighted by atomic mass is 16.5. The number of ether oxygens (including phenoxy) is 1. The highest BCUT2D eigenvalue weighted by molar-refractivity contribution is 6.21. The van der Waals surface area contributed by atoms with Crippen LogP contribution in [0.25, 0.3) is 0 Å². The third-order valence-corrected chi connectivity index (χ3v) is 6.77. The standard InChI is InChI=1S/C26H27N3O5/c30-23(28-10-4-7-20(17-28)24(31)27-11-13-34-14-12-27)19-6-3-5-18(15-19)16-29-25(32)21-8-1-2-9-22(21)26(29)33/h1-3,5-6,8-9,15,20H,4,7,10-14,16-17H2. The number of carbonyl (C=O) groups excluding carboxylic acids is 4. The van der Waals surface area contributed by atoms with Crippen LogP contribution in [0, 0.1) is 5.92 Å². The molecule has 8 nitrogen and oxygen atoms in total. The summed E-state index contributed by atoms with van der Waals surface area (Å²) in [4.78, 5) is 56.4. The fourth-order valence-electron chi connectivity index (χ4n) is 4.96. The molecule has 3 aliphatic heterocycles. The second-order valence-electron chi connectivity index (χ2n) is 8.97. The van der Waals surface area contributed by atoms with Gasteiger partial charge in [-0.3, -0.25) is 24.1 Å². The molecule has 3 aliphatic rings. The van der Waals surface area contributed by atoms with Gasteiger partial charge >= 0.3 is 0 Å². The van der Waals surface area contributed by atoms with E-state index in [2.05, 4.69) is 0 Å². The zero-order chi connectivity index (χ0) is 23.7. The Morgan fingerprint density at radius 1 is 0.882 bits per heavy atom. The van der Waals surface area contributed by atoms with Crippen molar-refractivity contribution in [1.29, 1.82) is 0 Å². The maximum atomic E-state index is 13.3. The fourth-order valence-corrected chi connectivity index (χ4v) is 4.96. The summed E-state index contributed by atoms with van der Waals surface area (Å²) < 4.78 is 5.34. The SMILES string of the molecule is O=C(c1cccc(CN2C(=O)c3ccccc3C2=O)c1)N1CCCC(C(=O)N2CCOCC2)C1. The summed E-state index contributed by atoms with van der Waals surface area (Å²) in [5.74, 6) is -0.878. The van der Waals surface area contributed by atoms with Crippen LogP contribution in [0.4, 0.5) is 0 Å². The molecular weight excluding hydrogens is 434 g/mol. The van der Waals surface area contributed by atoms with Crippen LogP contribution in [0.2, 0.25) is 0 Å². The van der Waals surface area contributed by atoms with E-state index in [0.29, 0.717) is 61.6 Å². The number of imide groups is 1. The topological polar surface area (TPSA) is 87.2 Å². The lowest BCUT2D eigenvalue weighted by molar-refractivity contribution is -0.141. The monoisotopic (exact) mass is 461 g/mol. The van der Waals surface area contributed by atoms with E-state index in [-0.39, 0.29) is 36.1 Å². The van der Waals surface area contributed by atoms with Crippen molar-refractivity contribution in [3.63, 3.8) is 0 Å². The number of hydrogen-bond donors (Lipinski definition) is 0. The maximum absolute atomic E-state index is 13.3. The first-order valence-electron chi connectivity index (χ1n) is 11.7. The zero-order valence-electron chi connectivity index (χ0n) is 18.9. The predicted octanol–water partition coefficient (Wildman–Crippen LogP) is 2.19. The normalized spacial score (nSPS) is 20.5. The first-order valence-corrected chi connectivity index (χ1v) is 11.7. The number of morpholine rings is 1. The van der Waals surface area contributed by atoms with Crippen LogP contribution >= 0.6 is 0 Å². The van der Waals surface area contributed by atoms with Gasteiger partial charge in [0, 0.05) is 31.7 Å². The molecule has 34 heavy (non-hydrogen) atoms. The number of nitrogens with zero attached hydrogens (tertiary/aromatic N) is 3. The molecule has 0 radical (unpaired) electrons. The molecule has 5 rings (SSSR count). The van der Waals surface area contributed by atoms with Crippen molar-refractivity contribution in [2.75, 3.05) is 39.4 Å². The molecule has 0 aliphatic carbocycles. The van der Waals surface area contributed by atoms with Gasteiger partial charge in [0.05, 0.1) is 36.8 Å². The molecular formula is C26H27N3O5. The Bertz CT molecular complexity index is 1110.